The minimum Gasteiger partial charge on any atom is -0.494 e. The summed E-state index contributed by atoms with van der Waals surface area (Å²) in [4.78, 5) is 21.7. The van der Waals surface area contributed by atoms with Crippen LogP contribution in [0.1, 0.15) is 12.6 Å². The van der Waals surface area contributed by atoms with Crippen LogP contribution in [0.2, 0.25) is 0 Å². The van der Waals surface area contributed by atoms with Crippen LogP contribution in [-0.2, 0) is 11.3 Å². The SMILES string of the molecule is CCOc1ccc(-c2nc(CN3CCN(CC(=O)Nc4ccccc4)CC3)cs2)cc1. The molecular weight excluding hydrogens is 408 g/mol. The van der Waals surface area contributed by atoms with Crippen LogP contribution in [0.4, 0.5) is 5.69 Å². The lowest BCUT2D eigenvalue weighted by Crippen LogP contribution is -2.48. The fraction of sp³-hybridized carbons (Fsp3) is 0.333. The molecule has 1 aliphatic rings. The summed E-state index contributed by atoms with van der Waals surface area (Å²) in [6, 6.07) is 17.7. The van der Waals surface area contributed by atoms with Crippen molar-refractivity contribution in [1.82, 2.24) is 14.8 Å². The summed E-state index contributed by atoms with van der Waals surface area (Å²) in [6.07, 6.45) is 0. The Morgan fingerprint density at radius 2 is 1.74 bits per heavy atom. The first-order valence-corrected chi connectivity index (χ1v) is 11.5. The molecule has 0 spiro atoms. The van der Waals surface area contributed by atoms with Gasteiger partial charge in [0.15, 0.2) is 0 Å². The number of thiazole rings is 1. The number of ether oxygens (including phenoxy) is 1. The molecular formula is C24H28N4O2S. The summed E-state index contributed by atoms with van der Waals surface area (Å²) in [5.41, 5.74) is 3.07. The highest BCUT2D eigenvalue weighted by molar-refractivity contribution is 7.13. The number of nitrogens with one attached hydrogen (secondary N) is 1. The number of rotatable bonds is 8. The number of hydrogen-bond acceptors (Lipinski definition) is 6. The zero-order valence-corrected chi connectivity index (χ0v) is 18.6. The molecule has 2 heterocycles. The Balaban J connectivity index is 1.23. The van der Waals surface area contributed by atoms with Gasteiger partial charge >= 0.3 is 0 Å². The Morgan fingerprint density at radius 1 is 1.03 bits per heavy atom. The third-order valence-corrected chi connectivity index (χ3v) is 6.18. The van der Waals surface area contributed by atoms with Crippen molar-refractivity contribution in [1.29, 1.82) is 0 Å². The van der Waals surface area contributed by atoms with Gasteiger partial charge in [-0.25, -0.2) is 4.98 Å². The van der Waals surface area contributed by atoms with Gasteiger partial charge in [0.2, 0.25) is 5.91 Å². The number of carbonyl (C=O) groups excluding carboxylic acids is 1. The molecule has 31 heavy (non-hydrogen) atoms. The Bertz CT molecular complexity index is 967. The number of anilines is 1. The van der Waals surface area contributed by atoms with Crippen LogP contribution in [0.3, 0.4) is 0 Å². The van der Waals surface area contributed by atoms with E-state index in [4.69, 9.17) is 9.72 Å². The van der Waals surface area contributed by atoms with Crippen molar-refractivity contribution in [3.63, 3.8) is 0 Å². The van der Waals surface area contributed by atoms with Crippen LogP contribution < -0.4 is 10.1 Å². The van der Waals surface area contributed by atoms with Crippen molar-refractivity contribution in [2.75, 3.05) is 44.6 Å². The van der Waals surface area contributed by atoms with E-state index in [1.807, 2.05) is 49.4 Å². The maximum atomic E-state index is 12.3. The molecule has 1 amide bonds. The number of piperazine rings is 1. The third-order valence-electron chi connectivity index (χ3n) is 5.24. The Morgan fingerprint density at radius 3 is 2.45 bits per heavy atom. The summed E-state index contributed by atoms with van der Waals surface area (Å²) in [5.74, 6) is 0.928. The molecule has 1 N–H and O–H groups in total. The third kappa shape index (κ3) is 6.13. The average molecular weight is 437 g/mol. The van der Waals surface area contributed by atoms with Crippen molar-refractivity contribution in [2.45, 2.75) is 13.5 Å². The second-order valence-electron chi connectivity index (χ2n) is 7.57. The van der Waals surface area contributed by atoms with Crippen molar-refractivity contribution < 1.29 is 9.53 Å². The van der Waals surface area contributed by atoms with Gasteiger partial charge in [-0.3, -0.25) is 14.6 Å². The summed E-state index contributed by atoms with van der Waals surface area (Å²) < 4.78 is 5.51. The Labute approximate surface area is 187 Å². The summed E-state index contributed by atoms with van der Waals surface area (Å²) in [7, 11) is 0. The second kappa shape index (κ2) is 10.5. The zero-order valence-electron chi connectivity index (χ0n) is 17.8. The van der Waals surface area contributed by atoms with E-state index in [1.54, 1.807) is 11.3 Å². The predicted molar refractivity (Wildman–Crippen MR) is 126 cm³/mol. The molecule has 7 heteroatoms. The molecule has 0 bridgehead atoms. The summed E-state index contributed by atoms with van der Waals surface area (Å²) in [6.45, 7) is 7.59. The molecule has 0 radical (unpaired) electrons. The molecule has 0 aliphatic carbocycles. The highest BCUT2D eigenvalue weighted by atomic mass is 32.1. The summed E-state index contributed by atoms with van der Waals surface area (Å²) >= 11 is 1.68. The number of carbonyl (C=O) groups is 1. The highest BCUT2D eigenvalue weighted by Crippen LogP contribution is 2.26. The molecule has 6 nitrogen and oxygen atoms in total. The van der Waals surface area contributed by atoms with Gasteiger partial charge in [-0.15, -0.1) is 11.3 Å². The van der Waals surface area contributed by atoms with Gasteiger partial charge in [0, 0.05) is 49.4 Å². The molecule has 0 atom stereocenters. The quantitative estimate of drug-likeness (QED) is 0.579. The zero-order chi connectivity index (χ0) is 21.5. The number of hydrogen-bond donors (Lipinski definition) is 1. The minimum absolute atomic E-state index is 0.0409. The number of benzene rings is 2. The number of amides is 1. The van der Waals surface area contributed by atoms with Gasteiger partial charge < -0.3 is 10.1 Å². The summed E-state index contributed by atoms with van der Waals surface area (Å²) in [5, 5.41) is 6.14. The topological polar surface area (TPSA) is 57.7 Å². The van der Waals surface area contributed by atoms with Crippen LogP contribution >= 0.6 is 11.3 Å². The molecule has 162 valence electrons. The fourth-order valence-electron chi connectivity index (χ4n) is 3.63. The van der Waals surface area contributed by atoms with E-state index in [2.05, 4.69) is 32.6 Å². The van der Waals surface area contributed by atoms with E-state index in [9.17, 15) is 4.79 Å². The molecule has 1 aliphatic heterocycles. The fourth-order valence-corrected chi connectivity index (χ4v) is 4.45. The number of nitrogens with zero attached hydrogens (tertiary/aromatic N) is 3. The average Bonchev–Trinajstić information content (AvgIpc) is 3.25. The van der Waals surface area contributed by atoms with Crippen LogP contribution in [0, 0.1) is 0 Å². The van der Waals surface area contributed by atoms with Crippen LogP contribution in [0.15, 0.2) is 60.0 Å². The van der Waals surface area contributed by atoms with Gasteiger partial charge in [-0.05, 0) is 43.3 Å². The molecule has 1 fully saturated rings. The maximum absolute atomic E-state index is 12.3. The minimum atomic E-state index is 0.0409. The van der Waals surface area contributed by atoms with E-state index in [-0.39, 0.29) is 5.91 Å². The molecule has 1 saturated heterocycles. The van der Waals surface area contributed by atoms with Crippen molar-refractivity contribution in [2.24, 2.45) is 0 Å². The highest BCUT2D eigenvalue weighted by Gasteiger charge is 2.20. The standard InChI is InChI=1S/C24H28N4O2S/c1-2-30-22-10-8-19(9-11-22)24-26-21(18-31-24)16-27-12-14-28(15-13-27)17-23(29)25-20-6-4-3-5-7-20/h3-11,18H,2,12-17H2,1H3,(H,25,29). The van der Waals surface area contributed by atoms with E-state index in [0.29, 0.717) is 13.2 Å². The van der Waals surface area contributed by atoms with Gasteiger partial charge in [-0.1, -0.05) is 18.2 Å². The normalized spacial score (nSPS) is 15.0. The first kappa shape index (κ1) is 21.5. The number of para-hydroxylation sites is 1. The van der Waals surface area contributed by atoms with E-state index < -0.39 is 0 Å². The Hall–Kier alpha value is -2.74. The maximum Gasteiger partial charge on any atom is 0.238 e. The van der Waals surface area contributed by atoms with Crippen molar-refractivity contribution >= 4 is 22.9 Å². The van der Waals surface area contributed by atoms with Gasteiger partial charge in [0.05, 0.1) is 18.8 Å². The van der Waals surface area contributed by atoms with Gasteiger partial charge in [0.25, 0.3) is 0 Å². The first-order chi connectivity index (χ1) is 15.2. The lowest BCUT2D eigenvalue weighted by Gasteiger charge is -2.33. The smallest absolute Gasteiger partial charge is 0.238 e. The van der Waals surface area contributed by atoms with Crippen molar-refractivity contribution in [3.05, 3.63) is 65.7 Å². The van der Waals surface area contributed by atoms with Gasteiger partial charge in [0.1, 0.15) is 10.8 Å². The largest absolute Gasteiger partial charge is 0.494 e. The lowest BCUT2D eigenvalue weighted by atomic mass is 10.2. The van der Waals surface area contributed by atoms with E-state index in [0.717, 1.165) is 60.4 Å². The van der Waals surface area contributed by atoms with Gasteiger partial charge in [-0.2, -0.15) is 0 Å². The van der Waals surface area contributed by atoms with E-state index in [1.165, 1.54) is 0 Å². The molecule has 0 unspecified atom stereocenters. The monoisotopic (exact) mass is 436 g/mol. The molecule has 0 saturated carbocycles. The first-order valence-electron chi connectivity index (χ1n) is 10.7. The van der Waals surface area contributed by atoms with Crippen LogP contribution in [0.25, 0.3) is 10.6 Å². The molecule has 3 aromatic rings. The molecule has 1 aromatic heterocycles. The predicted octanol–water partition coefficient (Wildman–Crippen LogP) is 3.97. The molecule has 4 rings (SSSR count). The van der Waals surface area contributed by atoms with Crippen LogP contribution in [-0.4, -0.2) is 60.0 Å². The molecule has 2 aromatic carbocycles. The lowest BCUT2D eigenvalue weighted by molar-refractivity contribution is -0.117. The van der Waals surface area contributed by atoms with Crippen LogP contribution in [0.5, 0.6) is 5.75 Å². The number of aromatic nitrogens is 1. The Kier molecular flexibility index (Phi) is 7.30. The second-order valence-corrected chi connectivity index (χ2v) is 8.43. The van der Waals surface area contributed by atoms with E-state index >= 15 is 0 Å². The van der Waals surface area contributed by atoms with Crippen molar-refractivity contribution in [3.8, 4) is 16.3 Å².